The van der Waals surface area contributed by atoms with Crippen LogP contribution in [-0.2, 0) is 48.8 Å². The SMILES string of the molecule is CCCCCCCCCCCCOS(=O)(=O)C(=C(c1ccccc1)c1ccccc1)S(=O)(=O)[O-].CCCCCCCCCCCCOS(=O)(=O)C(=C(c1ccccc1)c1ccccc1)S(=O)(=O)[O-].[Na+].[Na+]. The van der Waals surface area contributed by atoms with Gasteiger partial charge in [-0.1, -0.05) is 251 Å². The monoisotopic (exact) mass is 1060 g/mol. The fraction of sp³-hybridized carbons (Fsp3) is 0.462. The molecule has 0 saturated carbocycles. The number of rotatable bonds is 32. The maximum Gasteiger partial charge on any atom is 1.00 e. The topological polar surface area (TPSA) is 201 Å². The first-order valence-corrected chi connectivity index (χ1v) is 29.6. The first kappa shape index (κ1) is 66.0. The summed E-state index contributed by atoms with van der Waals surface area (Å²) in [6.07, 6.45) is 21.3. The molecule has 4 rings (SSSR count). The second-order valence-corrected chi connectivity index (χ2v) is 22.9. The van der Waals surface area contributed by atoms with E-state index in [0.29, 0.717) is 35.1 Å². The van der Waals surface area contributed by atoms with E-state index < -0.39 is 48.9 Å². The summed E-state index contributed by atoms with van der Waals surface area (Å²) in [7, 11) is -20.3. The van der Waals surface area contributed by atoms with Crippen LogP contribution in [0.5, 0.6) is 0 Å². The van der Waals surface area contributed by atoms with Crippen LogP contribution in [0.25, 0.3) is 11.1 Å². The molecule has 0 amide bonds. The van der Waals surface area contributed by atoms with Gasteiger partial charge in [-0.3, -0.25) is 8.37 Å². The minimum Gasteiger partial charge on any atom is -0.743 e. The summed E-state index contributed by atoms with van der Waals surface area (Å²) in [4.78, 5) is 0. The molecule has 0 saturated heterocycles. The Morgan fingerprint density at radius 1 is 0.343 bits per heavy atom. The van der Waals surface area contributed by atoms with Gasteiger partial charge in [0.2, 0.25) is 0 Å². The number of benzene rings is 4. The Hall–Kier alpha value is -2.00. The van der Waals surface area contributed by atoms with Crippen LogP contribution in [0, 0.1) is 0 Å². The van der Waals surface area contributed by atoms with E-state index in [1.165, 1.54) is 64.2 Å². The molecule has 0 spiro atoms. The van der Waals surface area contributed by atoms with E-state index in [9.17, 15) is 42.8 Å². The third-order valence-corrected chi connectivity index (χ3v) is 17.1. The predicted octanol–water partition coefficient (Wildman–Crippen LogP) is 6.44. The number of hydrogen-bond donors (Lipinski definition) is 0. The molecule has 0 aliphatic rings. The maximum absolute atomic E-state index is 13.0. The van der Waals surface area contributed by atoms with Gasteiger partial charge in [0, 0.05) is 11.1 Å². The van der Waals surface area contributed by atoms with Crippen LogP contribution < -0.4 is 59.1 Å². The van der Waals surface area contributed by atoms with Gasteiger partial charge in [-0.25, -0.2) is 16.8 Å². The van der Waals surface area contributed by atoms with Gasteiger partial charge in [0.1, 0.15) is 20.2 Å². The van der Waals surface area contributed by atoms with Crippen molar-refractivity contribution in [2.45, 2.75) is 142 Å². The predicted molar refractivity (Wildman–Crippen MR) is 271 cm³/mol. The van der Waals surface area contributed by atoms with E-state index in [0.717, 1.165) is 51.4 Å². The Morgan fingerprint density at radius 2 is 0.543 bits per heavy atom. The summed E-state index contributed by atoms with van der Waals surface area (Å²) in [6.45, 7) is 4.04. The van der Waals surface area contributed by atoms with Gasteiger partial charge in [0.05, 0.1) is 13.2 Å². The van der Waals surface area contributed by atoms with Crippen molar-refractivity contribution in [1.29, 1.82) is 0 Å². The molecular formula is C52H70Na2O12S4. The molecule has 0 aromatic heterocycles. The molecule has 0 bridgehead atoms. The molecule has 4 aromatic carbocycles. The fourth-order valence-corrected chi connectivity index (χ4v) is 12.7. The van der Waals surface area contributed by atoms with Gasteiger partial charge < -0.3 is 9.11 Å². The quantitative estimate of drug-likeness (QED) is 0.0225. The van der Waals surface area contributed by atoms with Crippen LogP contribution in [0.15, 0.2) is 130 Å². The van der Waals surface area contributed by atoms with E-state index in [1.807, 2.05) is 0 Å². The van der Waals surface area contributed by atoms with Crippen LogP contribution in [-0.4, -0.2) is 56.0 Å². The first-order valence-electron chi connectivity index (χ1n) is 24.0. The smallest absolute Gasteiger partial charge is 0.743 e. The van der Waals surface area contributed by atoms with E-state index >= 15 is 0 Å². The molecule has 0 aliphatic heterocycles. The average molecular weight is 1060 g/mol. The second-order valence-electron chi connectivity index (χ2n) is 16.6. The van der Waals surface area contributed by atoms with Crippen LogP contribution in [0.4, 0.5) is 0 Å². The van der Waals surface area contributed by atoms with Crippen LogP contribution in [0.3, 0.4) is 0 Å². The number of unbranched alkanes of at least 4 members (excludes halogenated alkanes) is 18. The van der Waals surface area contributed by atoms with Crippen molar-refractivity contribution in [1.82, 2.24) is 0 Å². The molecule has 0 aliphatic carbocycles. The summed E-state index contributed by atoms with van der Waals surface area (Å²) in [6, 6.07) is 32.5. The molecule has 0 unspecified atom stereocenters. The van der Waals surface area contributed by atoms with Crippen molar-refractivity contribution in [3.63, 3.8) is 0 Å². The summed E-state index contributed by atoms with van der Waals surface area (Å²) in [5.74, 6) is 0. The molecular weight excluding hydrogens is 991 g/mol. The summed E-state index contributed by atoms with van der Waals surface area (Å²) in [5.41, 5.74) is 0.838. The van der Waals surface area contributed by atoms with Gasteiger partial charge in [0.25, 0.3) is 0 Å². The van der Waals surface area contributed by atoms with Crippen molar-refractivity contribution in [3.05, 3.63) is 152 Å². The van der Waals surface area contributed by atoms with Gasteiger partial charge >= 0.3 is 79.4 Å². The number of hydrogen-bond acceptors (Lipinski definition) is 12. The standard InChI is InChI=1S/2C26H36O6S2.2Na/c2*1-2-3-4-5-6-7-8-9-10-17-22-32-34(30,31)26(33(27,28)29)25(23-18-13-11-14-19-23)24-20-15-12-16-21-24;;/h2*11-16,18-21H,2-10,17,22H2,1H3,(H,27,28,29);;/q;;2*+1/p-2. The largest absolute Gasteiger partial charge is 1.00 e. The Balaban J connectivity index is 0.000000681. The average Bonchev–Trinajstić information content (AvgIpc) is 3.31. The zero-order valence-electron chi connectivity index (χ0n) is 41.6. The normalized spacial score (nSPS) is 11.6. The van der Waals surface area contributed by atoms with E-state index in [2.05, 4.69) is 13.8 Å². The van der Waals surface area contributed by atoms with Crippen LogP contribution in [0.2, 0.25) is 0 Å². The molecule has 12 nitrogen and oxygen atoms in total. The van der Waals surface area contributed by atoms with Gasteiger partial charge in [-0.15, -0.1) is 0 Å². The first-order chi connectivity index (χ1) is 32.5. The molecule has 376 valence electrons. The molecule has 0 radical (unpaired) electrons. The molecule has 0 atom stereocenters. The van der Waals surface area contributed by atoms with E-state index in [4.69, 9.17) is 8.37 Å². The Morgan fingerprint density at radius 3 is 0.743 bits per heavy atom. The summed E-state index contributed by atoms with van der Waals surface area (Å²) in [5, 5.41) is 0. The second kappa shape index (κ2) is 36.0. The molecule has 70 heavy (non-hydrogen) atoms. The Bertz CT molecular complexity index is 2300. The zero-order chi connectivity index (χ0) is 49.7. The molecule has 0 fully saturated rings. The molecule has 0 heterocycles. The zero-order valence-corrected chi connectivity index (χ0v) is 48.9. The molecule has 0 N–H and O–H groups in total. The van der Waals surface area contributed by atoms with E-state index in [-0.39, 0.29) is 83.5 Å². The van der Waals surface area contributed by atoms with Crippen molar-refractivity contribution < 1.29 is 110 Å². The van der Waals surface area contributed by atoms with Gasteiger partial charge in [-0.2, -0.15) is 16.8 Å². The minimum atomic E-state index is -5.37. The van der Waals surface area contributed by atoms with Crippen molar-refractivity contribution in [2.24, 2.45) is 0 Å². The van der Waals surface area contributed by atoms with Crippen molar-refractivity contribution in [2.75, 3.05) is 13.2 Å². The minimum absolute atomic E-state index is 0. The molecule has 4 aromatic rings. The summed E-state index contributed by atoms with van der Waals surface area (Å²) >= 11 is 0. The molecule has 18 heteroatoms. The fourth-order valence-electron chi connectivity index (χ4n) is 7.60. The van der Waals surface area contributed by atoms with Gasteiger partial charge in [0.15, 0.2) is 8.47 Å². The third-order valence-electron chi connectivity index (χ3n) is 11.0. The summed E-state index contributed by atoms with van der Waals surface area (Å²) < 4.78 is 133. The van der Waals surface area contributed by atoms with E-state index in [1.54, 1.807) is 121 Å². The van der Waals surface area contributed by atoms with Crippen molar-refractivity contribution in [3.8, 4) is 0 Å². The maximum atomic E-state index is 13.0. The third kappa shape index (κ3) is 24.8. The Kier molecular flexibility index (Phi) is 34.0. The van der Waals surface area contributed by atoms with Crippen LogP contribution in [0.1, 0.15) is 165 Å². The van der Waals surface area contributed by atoms with Crippen molar-refractivity contribution >= 4 is 51.6 Å². The van der Waals surface area contributed by atoms with Crippen LogP contribution >= 0.6 is 0 Å². The Labute approximate surface area is 464 Å². The van der Waals surface area contributed by atoms with Gasteiger partial charge in [-0.05, 0) is 35.1 Å².